The average Bonchev–Trinajstić information content (AvgIpc) is 2.13. The van der Waals surface area contributed by atoms with Crippen LogP contribution >= 0.6 is 0 Å². The Labute approximate surface area is 94.1 Å². The molecule has 0 N–H and O–H groups in total. The summed E-state index contributed by atoms with van der Waals surface area (Å²) in [4.78, 5) is 11.6. The minimum atomic E-state index is -4.78. The lowest BCUT2D eigenvalue weighted by molar-refractivity contribution is -0.186. The van der Waals surface area contributed by atoms with Crippen LogP contribution in [0.5, 0.6) is 0 Å². The predicted molar refractivity (Wildman–Crippen MR) is 57.0 cm³/mol. The van der Waals surface area contributed by atoms with E-state index in [1.54, 1.807) is 6.92 Å². The van der Waals surface area contributed by atoms with Crippen molar-refractivity contribution in [1.82, 2.24) is 4.90 Å². The average molecular weight is 237 g/mol. The van der Waals surface area contributed by atoms with Gasteiger partial charge in [0, 0.05) is 13.1 Å². The Hall–Kier alpha value is -1.00. The number of carbonyl (C=O) groups is 1. The van der Waals surface area contributed by atoms with Crippen LogP contribution in [0, 0.1) is 0 Å². The third-order valence-electron chi connectivity index (χ3n) is 2.36. The molecular weight excluding hydrogens is 219 g/mol. The zero-order chi connectivity index (χ0) is 12.9. The van der Waals surface area contributed by atoms with Crippen LogP contribution < -0.4 is 0 Å². The molecule has 0 saturated carbocycles. The van der Waals surface area contributed by atoms with Crippen molar-refractivity contribution < 1.29 is 18.0 Å². The summed E-state index contributed by atoms with van der Waals surface area (Å²) in [6.45, 7) is 5.47. The standard InChI is InChI=1S/C11H18F3NO/c1-8(2)6-5-7-9(3)15(4)10(16)11(12,13)14/h6,9H,5,7H2,1-4H3. The first kappa shape index (κ1) is 15.0. The smallest absolute Gasteiger partial charge is 0.335 e. The molecule has 5 heteroatoms. The van der Waals surface area contributed by atoms with Gasteiger partial charge in [0.05, 0.1) is 0 Å². The van der Waals surface area contributed by atoms with Gasteiger partial charge in [-0.25, -0.2) is 0 Å². The summed E-state index contributed by atoms with van der Waals surface area (Å²) in [5, 5.41) is 0. The van der Waals surface area contributed by atoms with Crippen LogP contribution in [0.2, 0.25) is 0 Å². The predicted octanol–water partition coefficient (Wildman–Crippen LogP) is 3.14. The van der Waals surface area contributed by atoms with Crippen LogP contribution in [0.25, 0.3) is 0 Å². The fraction of sp³-hybridized carbons (Fsp3) is 0.727. The van der Waals surface area contributed by atoms with Crippen molar-refractivity contribution in [2.45, 2.75) is 45.8 Å². The molecule has 1 amide bonds. The summed E-state index contributed by atoms with van der Waals surface area (Å²) in [5.74, 6) is -1.78. The zero-order valence-electron chi connectivity index (χ0n) is 10.1. The summed E-state index contributed by atoms with van der Waals surface area (Å²) in [6.07, 6.45) is -1.62. The third-order valence-corrected chi connectivity index (χ3v) is 2.36. The number of carbonyl (C=O) groups excluding carboxylic acids is 1. The number of hydrogen-bond donors (Lipinski definition) is 0. The summed E-state index contributed by atoms with van der Waals surface area (Å²) >= 11 is 0. The monoisotopic (exact) mass is 237 g/mol. The van der Waals surface area contributed by atoms with Gasteiger partial charge in [-0.15, -0.1) is 0 Å². The van der Waals surface area contributed by atoms with Crippen LogP contribution in [0.3, 0.4) is 0 Å². The molecule has 1 atom stereocenters. The van der Waals surface area contributed by atoms with Gasteiger partial charge < -0.3 is 4.90 Å². The Kier molecular flexibility index (Phi) is 5.55. The number of allylic oxidation sites excluding steroid dienone is 2. The normalized spacial score (nSPS) is 13.2. The molecule has 0 heterocycles. The minimum Gasteiger partial charge on any atom is -0.335 e. The van der Waals surface area contributed by atoms with E-state index in [1.807, 2.05) is 19.9 Å². The lowest BCUT2D eigenvalue weighted by Gasteiger charge is -2.25. The van der Waals surface area contributed by atoms with E-state index in [1.165, 1.54) is 7.05 Å². The molecule has 0 bridgehead atoms. The lowest BCUT2D eigenvalue weighted by atomic mass is 10.1. The van der Waals surface area contributed by atoms with Crippen molar-refractivity contribution >= 4 is 5.91 Å². The number of halogens is 3. The molecule has 0 fully saturated rings. The van der Waals surface area contributed by atoms with E-state index in [9.17, 15) is 18.0 Å². The van der Waals surface area contributed by atoms with Crippen LogP contribution in [-0.4, -0.2) is 30.1 Å². The van der Waals surface area contributed by atoms with Gasteiger partial charge in [-0.05, 0) is 33.6 Å². The lowest BCUT2D eigenvalue weighted by Crippen LogP contribution is -2.43. The van der Waals surface area contributed by atoms with Crippen LogP contribution in [0.1, 0.15) is 33.6 Å². The minimum absolute atomic E-state index is 0.412. The molecule has 0 aliphatic heterocycles. The molecule has 0 spiro atoms. The number of nitrogens with zero attached hydrogens (tertiary/aromatic N) is 1. The van der Waals surface area contributed by atoms with Gasteiger partial charge in [0.1, 0.15) is 0 Å². The molecular formula is C11H18F3NO. The highest BCUT2D eigenvalue weighted by atomic mass is 19.4. The first-order valence-electron chi connectivity index (χ1n) is 5.13. The molecule has 0 aliphatic carbocycles. The SMILES string of the molecule is CC(C)=CCCC(C)N(C)C(=O)C(F)(F)F. The Balaban J connectivity index is 4.24. The second-order valence-electron chi connectivity index (χ2n) is 4.12. The van der Waals surface area contributed by atoms with Gasteiger partial charge >= 0.3 is 12.1 Å². The fourth-order valence-corrected chi connectivity index (χ4v) is 1.21. The summed E-state index contributed by atoms with van der Waals surface area (Å²) in [7, 11) is 1.18. The van der Waals surface area contributed by atoms with Crippen LogP contribution in [0.4, 0.5) is 13.2 Å². The maximum absolute atomic E-state index is 12.1. The molecule has 0 radical (unpaired) electrons. The quantitative estimate of drug-likeness (QED) is 0.688. The fourth-order valence-electron chi connectivity index (χ4n) is 1.21. The van der Waals surface area contributed by atoms with E-state index in [0.29, 0.717) is 12.8 Å². The molecule has 0 aromatic carbocycles. The van der Waals surface area contributed by atoms with E-state index in [0.717, 1.165) is 10.5 Å². The van der Waals surface area contributed by atoms with Crippen LogP contribution in [0.15, 0.2) is 11.6 Å². The number of rotatable bonds is 4. The highest BCUT2D eigenvalue weighted by Crippen LogP contribution is 2.20. The van der Waals surface area contributed by atoms with Gasteiger partial charge in [0.15, 0.2) is 0 Å². The molecule has 0 aliphatic rings. The molecule has 16 heavy (non-hydrogen) atoms. The van der Waals surface area contributed by atoms with Crippen molar-refractivity contribution in [1.29, 1.82) is 0 Å². The zero-order valence-corrected chi connectivity index (χ0v) is 10.1. The highest BCUT2D eigenvalue weighted by molar-refractivity contribution is 5.81. The van der Waals surface area contributed by atoms with Gasteiger partial charge in [-0.3, -0.25) is 4.79 Å². The van der Waals surface area contributed by atoms with Gasteiger partial charge in [0.25, 0.3) is 0 Å². The number of alkyl halides is 3. The molecule has 0 saturated heterocycles. The first-order valence-corrected chi connectivity index (χ1v) is 5.13. The maximum atomic E-state index is 12.1. The highest BCUT2D eigenvalue weighted by Gasteiger charge is 2.42. The molecule has 0 rings (SSSR count). The number of amides is 1. The number of hydrogen-bond acceptors (Lipinski definition) is 1. The Morgan fingerprint density at radius 1 is 1.38 bits per heavy atom. The van der Waals surface area contributed by atoms with E-state index in [2.05, 4.69) is 0 Å². The molecule has 94 valence electrons. The molecule has 2 nitrogen and oxygen atoms in total. The van der Waals surface area contributed by atoms with Gasteiger partial charge in [0.2, 0.25) is 0 Å². The maximum Gasteiger partial charge on any atom is 0.471 e. The van der Waals surface area contributed by atoms with Crippen LogP contribution in [-0.2, 0) is 4.79 Å². The largest absolute Gasteiger partial charge is 0.471 e. The topological polar surface area (TPSA) is 20.3 Å². The Morgan fingerprint density at radius 3 is 2.25 bits per heavy atom. The second kappa shape index (κ2) is 5.92. The van der Waals surface area contributed by atoms with Crippen molar-refractivity contribution in [3.05, 3.63) is 11.6 Å². The molecule has 1 unspecified atom stereocenters. The van der Waals surface area contributed by atoms with E-state index in [-0.39, 0.29) is 0 Å². The van der Waals surface area contributed by atoms with Gasteiger partial charge in [-0.1, -0.05) is 11.6 Å². The molecule has 0 aromatic rings. The summed E-state index contributed by atoms with van der Waals surface area (Å²) in [6, 6.07) is -0.412. The van der Waals surface area contributed by atoms with E-state index in [4.69, 9.17) is 0 Å². The first-order chi connectivity index (χ1) is 7.16. The molecule has 0 aromatic heterocycles. The van der Waals surface area contributed by atoms with Crippen molar-refractivity contribution in [2.24, 2.45) is 0 Å². The Morgan fingerprint density at radius 2 is 1.88 bits per heavy atom. The van der Waals surface area contributed by atoms with Crippen molar-refractivity contribution in [3.63, 3.8) is 0 Å². The van der Waals surface area contributed by atoms with Crippen molar-refractivity contribution in [2.75, 3.05) is 7.05 Å². The van der Waals surface area contributed by atoms with Gasteiger partial charge in [-0.2, -0.15) is 13.2 Å². The Bertz CT molecular complexity index is 267. The second-order valence-corrected chi connectivity index (χ2v) is 4.12. The summed E-state index contributed by atoms with van der Waals surface area (Å²) < 4.78 is 36.3. The van der Waals surface area contributed by atoms with E-state index >= 15 is 0 Å². The van der Waals surface area contributed by atoms with E-state index < -0.39 is 18.1 Å². The van der Waals surface area contributed by atoms with Crippen molar-refractivity contribution in [3.8, 4) is 0 Å². The third kappa shape index (κ3) is 5.19. The summed E-state index contributed by atoms with van der Waals surface area (Å²) in [5.41, 5.74) is 1.12.